The maximum atomic E-state index is 13.6. The number of Topliss-reactive ketones (excluding diaryl/α,β-unsaturated/α-hetero) is 1. The highest BCUT2D eigenvalue weighted by molar-refractivity contribution is 8.00. The maximum absolute atomic E-state index is 13.6. The monoisotopic (exact) mass is 664 g/mol. The number of aromatic nitrogens is 2. The Hall–Kier alpha value is -5.33. The van der Waals surface area contributed by atoms with Crippen LogP contribution in [0.15, 0.2) is 107 Å². The molecule has 0 radical (unpaired) electrons. The Morgan fingerprint density at radius 2 is 1.68 bits per heavy atom. The van der Waals surface area contributed by atoms with Crippen LogP contribution in [0.4, 0.5) is 10.8 Å². The number of nitro groups is 1. The molecule has 1 fully saturated rings. The van der Waals surface area contributed by atoms with Crippen molar-refractivity contribution in [1.29, 1.82) is 0 Å². The Morgan fingerprint density at radius 1 is 0.936 bits per heavy atom. The fraction of sp³-hybridized carbons (Fsp3) is 0.143. The second-order valence-electron chi connectivity index (χ2n) is 10.9. The van der Waals surface area contributed by atoms with Gasteiger partial charge >= 0.3 is 5.91 Å². The number of aryl methyl sites for hydroxylation is 2. The lowest BCUT2D eigenvalue weighted by Crippen LogP contribution is -2.29. The summed E-state index contributed by atoms with van der Waals surface area (Å²) in [6.07, 6.45) is 0. The molecule has 12 heteroatoms. The van der Waals surface area contributed by atoms with Crippen molar-refractivity contribution in [2.24, 2.45) is 0 Å². The molecule has 0 spiro atoms. The number of nitro benzene ring substituents is 1. The van der Waals surface area contributed by atoms with Gasteiger partial charge in [0.25, 0.3) is 11.5 Å². The molecule has 1 aromatic heterocycles. The number of nitrogens with zero attached hydrogens (tertiary/aromatic N) is 4. The highest BCUT2D eigenvalue weighted by Gasteiger charge is 2.48. The van der Waals surface area contributed by atoms with Crippen LogP contribution in [0.25, 0.3) is 5.76 Å². The van der Waals surface area contributed by atoms with E-state index < -0.39 is 28.4 Å². The van der Waals surface area contributed by atoms with Gasteiger partial charge in [0.1, 0.15) is 18.1 Å². The van der Waals surface area contributed by atoms with Crippen molar-refractivity contribution in [2.75, 3.05) is 4.90 Å². The standard InChI is InChI=1S/C35H28N4O6S2/c1-21-9-11-23(12-10-21)20-46-35-37-36-34(47-35)38-30(26-7-4-8-27(18-26)39(43)44)29(32(41)33(38)42)31(40)25-13-15-28(16-14-25)45-19-24-6-3-5-22(2)17-24/h3-18,30,40H,19-20H2,1-2H3. The number of hydrogen-bond acceptors (Lipinski definition) is 10. The number of aliphatic hydroxyl groups excluding tert-OH is 1. The van der Waals surface area contributed by atoms with Gasteiger partial charge in [0.15, 0.2) is 4.34 Å². The molecule has 1 amide bonds. The summed E-state index contributed by atoms with van der Waals surface area (Å²) in [4.78, 5) is 39.4. The summed E-state index contributed by atoms with van der Waals surface area (Å²) < 4.78 is 6.47. The zero-order chi connectivity index (χ0) is 33.1. The predicted molar refractivity (Wildman–Crippen MR) is 180 cm³/mol. The zero-order valence-corrected chi connectivity index (χ0v) is 27.0. The van der Waals surface area contributed by atoms with E-state index in [1.165, 1.54) is 30.0 Å². The van der Waals surface area contributed by atoms with E-state index in [2.05, 4.69) is 10.2 Å². The molecule has 6 rings (SSSR count). The molecule has 0 aliphatic carbocycles. The summed E-state index contributed by atoms with van der Waals surface area (Å²) >= 11 is 2.55. The van der Waals surface area contributed by atoms with Crippen molar-refractivity contribution >= 4 is 51.4 Å². The summed E-state index contributed by atoms with van der Waals surface area (Å²) in [5.41, 5.74) is 4.45. The van der Waals surface area contributed by atoms with Crippen molar-refractivity contribution < 1.29 is 24.4 Å². The van der Waals surface area contributed by atoms with E-state index in [1.54, 1.807) is 30.3 Å². The van der Waals surface area contributed by atoms with Crippen LogP contribution in [0, 0.1) is 24.0 Å². The maximum Gasteiger partial charge on any atom is 0.301 e. The molecule has 0 saturated carbocycles. The van der Waals surface area contributed by atoms with Crippen LogP contribution in [-0.4, -0.2) is 31.9 Å². The summed E-state index contributed by atoms with van der Waals surface area (Å²) in [6, 6.07) is 27.0. The normalized spacial score (nSPS) is 15.6. The number of thioether (sulfide) groups is 1. The first-order valence-corrected chi connectivity index (χ1v) is 16.3. The Bertz CT molecular complexity index is 2010. The fourth-order valence-corrected chi connectivity index (χ4v) is 7.00. The van der Waals surface area contributed by atoms with Gasteiger partial charge in [-0.05, 0) is 54.8 Å². The van der Waals surface area contributed by atoms with Crippen LogP contribution in [0.5, 0.6) is 5.75 Å². The highest BCUT2D eigenvalue weighted by Crippen LogP contribution is 2.44. The van der Waals surface area contributed by atoms with E-state index in [9.17, 15) is 24.8 Å². The van der Waals surface area contributed by atoms with Crippen LogP contribution in [0.1, 0.15) is 39.4 Å². The number of hydrogen-bond donors (Lipinski definition) is 1. The van der Waals surface area contributed by atoms with Gasteiger partial charge in [-0.1, -0.05) is 94.9 Å². The van der Waals surface area contributed by atoms with Gasteiger partial charge in [-0.3, -0.25) is 24.6 Å². The average molecular weight is 665 g/mol. The Kier molecular flexibility index (Phi) is 9.14. The number of non-ortho nitro benzene ring substituents is 1. The van der Waals surface area contributed by atoms with Crippen molar-refractivity contribution in [3.8, 4) is 5.75 Å². The molecule has 0 bridgehead atoms. The second-order valence-corrected chi connectivity index (χ2v) is 13.1. The lowest BCUT2D eigenvalue weighted by atomic mass is 9.95. The number of benzene rings is 4. The van der Waals surface area contributed by atoms with Gasteiger partial charge in [0.2, 0.25) is 5.13 Å². The van der Waals surface area contributed by atoms with E-state index in [0.717, 1.165) is 38.5 Å². The molecule has 5 aromatic rings. The summed E-state index contributed by atoms with van der Waals surface area (Å²) in [6.45, 7) is 4.36. The molecule has 47 heavy (non-hydrogen) atoms. The van der Waals surface area contributed by atoms with Crippen molar-refractivity contribution in [1.82, 2.24) is 10.2 Å². The second kappa shape index (κ2) is 13.6. The zero-order valence-electron chi connectivity index (χ0n) is 25.3. The highest BCUT2D eigenvalue weighted by atomic mass is 32.2. The molecule has 236 valence electrons. The van der Waals surface area contributed by atoms with Gasteiger partial charge < -0.3 is 9.84 Å². The third-order valence-corrected chi connectivity index (χ3v) is 9.67. The van der Waals surface area contributed by atoms with Gasteiger partial charge in [-0.2, -0.15) is 0 Å². The lowest BCUT2D eigenvalue weighted by Gasteiger charge is -2.22. The lowest BCUT2D eigenvalue weighted by molar-refractivity contribution is -0.384. The topological polar surface area (TPSA) is 136 Å². The van der Waals surface area contributed by atoms with Crippen molar-refractivity contribution in [3.63, 3.8) is 0 Å². The molecule has 1 N–H and O–H groups in total. The largest absolute Gasteiger partial charge is 0.507 e. The molecule has 1 aliphatic rings. The number of amides is 1. The molecule has 1 unspecified atom stereocenters. The Labute approximate surface area is 278 Å². The molecular formula is C35H28N4O6S2. The molecule has 1 atom stereocenters. The van der Waals surface area contributed by atoms with Crippen LogP contribution in [0.2, 0.25) is 0 Å². The quantitative estimate of drug-likeness (QED) is 0.0305. The molecule has 2 heterocycles. The molecule has 4 aromatic carbocycles. The fourth-order valence-electron chi connectivity index (χ4n) is 5.17. The first-order valence-electron chi connectivity index (χ1n) is 14.5. The van der Waals surface area contributed by atoms with Gasteiger partial charge in [0.05, 0.1) is 16.5 Å². The molecule has 1 aliphatic heterocycles. The SMILES string of the molecule is Cc1ccc(CSc2nnc(N3C(=O)C(=O)C(=C(O)c4ccc(OCc5cccc(C)c5)cc4)C3c3cccc([N+](=O)[O-])c3)s2)cc1. The average Bonchev–Trinajstić information content (AvgIpc) is 3.65. The van der Waals surface area contributed by atoms with Crippen molar-refractivity contribution in [3.05, 3.63) is 146 Å². The number of ether oxygens (including phenoxy) is 1. The summed E-state index contributed by atoms with van der Waals surface area (Å²) in [5, 5.41) is 31.8. The number of carbonyl (C=O) groups is 2. The van der Waals surface area contributed by atoms with E-state index in [-0.39, 0.29) is 27.5 Å². The Morgan fingerprint density at radius 3 is 2.40 bits per heavy atom. The smallest absolute Gasteiger partial charge is 0.301 e. The minimum absolute atomic E-state index is 0.133. The van der Waals surface area contributed by atoms with E-state index in [0.29, 0.717) is 22.4 Å². The molecule has 10 nitrogen and oxygen atoms in total. The molecule has 1 saturated heterocycles. The van der Waals surface area contributed by atoms with Gasteiger partial charge in [0, 0.05) is 23.4 Å². The van der Waals surface area contributed by atoms with Crippen LogP contribution in [-0.2, 0) is 21.9 Å². The first-order chi connectivity index (χ1) is 22.7. The van der Waals surface area contributed by atoms with E-state index in [4.69, 9.17) is 4.74 Å². The minimum atomic E-state index is -1.19. The number of aliphatic hydroxyl groups is 1. The summed E-state index contributed by atoms with van der Waals surface area (Å²) in [5.74, 6) is -1.13. The van der Waals surface area contributed by atoms with Gasteiger partial charge in [-0.15, -0.1) is 10.2 Å². The van der Waals surface area contributed by atoms with Crippen LogP contribution in [0.3, 0.4) is 0 Å². The number of anilines is 1. The predicted octanol–water partition coefficient (Wildman–Crippen LogP) is 7.56. The van der Waals surface area contributed by atoms with Crippen molar-refractivity contribution in [2.45, 2.75) is 36.6 Å². The summed E-state index contributed by atoms with van der Waals surface area (Å²) in [7, 11) is 0. The Balaban J connectivity index is 1.32. The van der Waals surface area contributed by atoms with Gasteiger partial charge in [-0.25, -0.2) is 0 Å². The first kappa shape index (κ1) is 31.6. The molecular weight excluding hydrogens is 637 g/mol. The number of rotatable bonds is 10. The van der Waals surface area contributed by atoms with E-state index in [1.807, 2.05) is 62.4 Å². The van der Waals surface area contributed by atoms with E-state index >= 15 is 0 Å². The third kappa shape index (κ3) is 6.93. The van der Waals surface area contributed by atoms with Crippen LogP contribution < -0.4 is 9.64 Å². The number of carbonyl (C=O) groups excluding carboxylic acids is 2. The number of ketones is 1. The third-order valence-electron chi connectivity index (χ3n) is 7.54. The minimum Gasteiger partial charge on any atom is -0.507 e. The van der Waals surface area contributed by atoms with Crippen LogP contribution >= 0.6 is 23.1 Å².